The third-order valence-electron chi connectivity index (χ3n) is 4.89. The van der Waals surface area contributed by atoms with Crippen LogP contribution >= 0.6 is 11.6 Å². The summed E-state index contributed by atoms with van der Waals surface area (Å²) in [6, 6.07) is 6.37. The van der Waals surface area contributed by atoms with Crippen molar-refractivity contribution in [2.75, 3.05) is 19.0 Å². The van der Waals surface area contributed by atoms with E-state index >= 15 is 0 Å². The number of aryl methyl sites for hydroxylation is 2. The summed E-state index contributed by atoms with van der Waals surface area (Å²) in [5, 5.41) is 14.7. The molecule has 0 radical (unpaired) electrons. The van der Waals surface area contributed by atoms with Gasteiger partial charge in [-0.3, -0.25) is 14.0 Å². The Morgan fingerprint density at radius 3 is 2.69 bits per heavy atom. The lowest BCUT2D eigenvalue weighted by molar-refractivity contribution is -0.116. The van der Waals surface area contributed by atoms with Crippen LogP contribution in [-0.2, 0) is 4.79 Å². The van der Waals surface area contributed by atoms with Crippen molar-refractivity contribution in [3.63, 3.8) is 0 Å². The minimum absolute atomic E-state index is 0.0862. The number of anilines is 1. The molecule has 0 aliphatic heterocycles. The fraction of sp³-hybridized carbons (Fsp3) is 0.273. The van der Waals surface area contributed by atoms with Gasteiger partial charge in [-0.2, -0.15) is 0 Å². The summed E-state index contributed by atoms with van der Waals surface area (Å²) in [5.41, 5.74) is 2.94. The number of carbonyl (C=O) groups is 3. The number of carbonyl (C=O) groups excluding carboxylic acids is 2. The molecule has 2 amide bonds. The van der Waals surface area contributed by atoms with E-state index < -0.39 is 5.97 Å². The van der Waals surface area contributed by atoms with Crippen molar-refractivity contribution >= 4 is 40.7 Å². The van der Waals surface area contributed by atoms with E-state index in [9.17, 15) is 19.5 Å². The predicted molar refractivity (Wildman–Crippen MR) is 120 cm³/mol. The van der Waals surface area contributed by atoms with E-state index in [4.69, 9.17) is 16.3 Å². The van der Waals surface area contributed by atoms with Crippen LogP contribution in [0.3, 0.4) is 0 Å². The summed E-state index contributed by atoms with van der Waals surface area (Å²) in [6.07, 6.45) is 2.32. The van der Waals surface area contributed by atoms with Gasteiger partial charge in [-0.25, -0.2) is 9.78 Å². The van der Waals surface area contributed by atoms with Gasteiger partial charge in [0.25, 0.3) is 5.91 Å². The maximum atomic E-state index is 12.6. The number of aromatic nitrogens is 2. The number of methoxy groups -OCH3 is 1. The Morgan fingerprint density at radius 2 is 2.00 bits per heavy atom. The molecule has 0 saturated carbocycles. The largest absolute Gasteiger partial charge is 0.496 e. The number of ether oxygens (including phenoxy) is 1. The number of fused-ring (bicyclic) bond motifs is 1. The summed E-state index contributed by atoms with van der Waals surface area (Å²) in [6.45, 7) is 4.00. The number of halogens is 1. The Bertz CT molecular complexity index is 1200. The molecule has 3 N–H and O–H groups in total. The van der Waals surface area contributed by atoms with Gasteiger partial charge < -0.3 is 20.5 Å². The number of hydrogen-bond acceptors (Lipinski definition) is 5. The van der Waals surface area contributed by atoms with Gasteiger partial charge >= 0.3 is 5.97 Å². The average molecular weight is 459 g/mol. The maximum absolute atomic E-state index is 12.6. The van der Waals surface area contributed by atoms with E-state index in [-0.39, 0.29) is 40.3 Å². The summed E-state index contributed by atoms with van der Waals surface area (Å²) in [5.74, 6) is -1.69. The number of nitrogens with zero attached hydrogens (tertiary/aromatic N) is 2. The van der Waals surface area contributed by atoms with Crippen molar-refractivity contribution in [1.82, 2.24) is 14.7 Å². The lowest BCUT2D eigenvalue weighted by atomic mass is 10.1. The van der Waals surface area contributed by atoms with Crippen LogP contribution in [0.1, 0.15) is 44.9 Å². The molecule has 0 fully saturated rings. The first kappa shape index (κ1) is 23.1. The van der Waals surface area contributed by atoms with E-state index in [0.29, 0.717) is 24.4 Å². The van der Waals surface area contributed by atoms with Crippen LogP contribution < -0.4 is 15.4 Å². The smallest absolute Gasteiger partial charge is 0.339 e. The fourth-order valence-electron chi connectivity index (χ4n) is 3.32. The molecule has 0 bridgehead atoms. The molecule has 168 valence electrons. The molecule has 0 unspecified atom stereocenters. The molecule has 2 aromatic heterocycles. The molecule has 0 spiro atoms. The van der Waals surface area contributed by atoms with E-state index in [1.54, 1.807) is 17.5 Å². The number of nitrogens with one attached hydrogen (secondary N) is 2. The highest BCUT2D eigenvalue weighted by atomic mass is 35.5. The molecular formula is C22H23ClN4O5. The normalized spacial score (nSPS) is 10.8. The fourth-order valence-corrected chi connectivity index (χ4v) is 3.53. The first-order chi connectivity index (χ1) is 15.2. The summed E-state index contributed by atoms with van der Waals surface area (Å²) in [7, 11) is 1.33. The summed E-state index contributed by atoms with van der Waals surface area (Å²) >= 11 is 6.08. The zero-order valence-corrected chi connectivity index (χ0v) is 18.6. The zero-order valence-electron chi connectivity index (χ0n) is 17.9. The number of aromatic carboxylic acids is 1. The first-order valence-corrected chi connectivity index (χ1v) is 10.2. The molecule has 3 rings (SSSR count). The van der Waals surface area contributed by atoms with Crippen LogP contribution in [0.5, 0.6) is 5.75 Å². The second-order valence-electron chi connectivity index (χ2n) is 7.18. The van der Waals surface area contributed by atoms with E-state index in [1.165, 1.54) is 19.2 Å². The van der Waals surface area contributed by atoms with Crippen molar-refractivity contribution in [2.45, 2.75) is 26.7 Å². The molecule has 0 atom stereocenters. The molecule has 10 heteroatoms. The van der Waals surface area contributed by atoms with Gasteiger partial charge in [0, 0.05) is 25.2 Å². The molecule has 2 heterocycles. The molecule has 32 heavy (non-hydrogen) atoms. The van der Waals surface area contributed by atoms with Crippen molar-refractivity contribution in [3.8, 4) is 5.75 Å². The van der Waals surface area contributed by atoms with Crippen molar-refractivity contribution in [1.29, 1.82) is 0 Å². The quantitative estimate of drug-likeness (QED) is 0.444. The minimum atomic E-state index is -1.19. The topological polar surface area (TPSA) is 122 Å². The van der Waals surface area contributed by atoms with E-state index in [1.807, 2.05) is 19.1 Å². The van der Waals surface area contributed by atoms with Crippen LogP contribution in [0.2, 0.25) is 5.02 Å². The Balaban J connectivity index is 1.56. The van der Waals surface area contributed by atoms with Crippen LogP contribution in [0.4, 0.5) is 5.69 Å². The monoisotopic (exact) mass is 458 g/mol. The van der Waals surface area contributed by atoms with Crippen LogP contribution in [0.25, 0.3) is 5.65 Å². The van der Waals surface area contributed by atoms with Gasteiger partial charge in [0.15, 0.2) is 0 Å². The second kappa shape index (κ2) is 9.69. The molecular weight excluding hydrogens is 436 g/mol. The van der Waals surface area contributed by atoms with Crippen molar-refractivity contribution in [2.24, 2.45) is 0 Å². The maximum Gasteiger partial charge on any atom is 0.339 e. The van der Waals surface area contributed by atoms with Crippen molar-refractivity contribution < 1.29 is 24.2 Å². The van der Waals surface area contributed by atoms with Gasteiger partial charge in [0.2, 0.25) is 5.91 Å². The highest BCUT2D eigenvalue weighted by molar-refractivity contribution is 6.34. The Morgan fingerprint density at radius 1 is 1.25 bits per heavy atom. The standard InChI is InChI=1S/C22H23ClN4O5/c1-12-6-5-9-27-19(13(2)25-20(12)27)21(29)24-8-4-7-18(28)26-16-11-17(32-3)14(22(30)31)10-15(16)23/h5-6,9-11H,4,7-8H2,1-3H3,(H,24,29)(H,26,28)(H,30,31). The number of amides is 2. The third kappa shape index (κ3) is 4.83. The number of pyridine rings is 1. The highest BCUT2D eigenvalue weighted by Gasteiger charge is 2.18. The summed E-state index contributed by atoms with van der Waals surface area (Å²) in [4.78, 5) is 40.6. The summed E-state index contributed by atoms with van der Waals surface area (Å²) < 4.78 is 6.80. The first-order valence-electron chi connectivity index (χ1n) is 9.86. The lowest BCUT2D eigenvalue weighted by Gasteiger charge is -2.12. The van der Waals surface area contributed by atoms with Crippen molar-refractivity contribution in [3.05, 3.63) is 58.0 Å². The number of rotatable bonds is 8. The van der Waals surface area contributed by atoms with E-state index in [2.05, 4.69) is 15.6 Å². The molecule has 0 saturated heterocycles. The van der Waals surface area contributed by atoms with Gasteiger partial charge in [-0.1, -0.05) is 17.7 Å². The molecule has 0 aliphatic carbocycles. The lowest BCUT2D eigenvalue weighted by Crippen LogP contribution is -2.27. The minimum Gasteiger partial charge on any atom is -0.496 e. The van der Waals surface area contributed by atoms with Crippen LogP contribution in [0, 0.1) is 13.8 Å². The number of hydrogen-bond donors (Lipinski definition) is 3. The van der Waals surface area contributed by atoms with Gasteiger partial charge in [-0.15, -0.1) is 0 Å². The van der Waals surface area contributed by atoms with Crippen LogP contribution in [0.15, 0.2) is 30.5 Å². The molecule has 1 aromatic carbocycles. The highest BCUT2D eigenvalue weighted by Crippen LogP contribution is 2.31. The number of carboxylic acid groups (broad SMARTS) is 1. The van der Waals surface area contributed by atoms with Gasteiger partial charge in [-0.05, 0) is 38.0 Å². The zero-order chi connectivity index (χ0) is 23.4. The number of carboxylic acids is 1. The Kier molecular flexibility index (Phi) is 6.99. The SMILES string of the molecule is COc1cc(NC(=O)CCCNC(=O)c2c(C)nc3c(C)cccn23)c(Cl)cc1C(=O)O. The predicted octanol–water partition coefficient (Wildman–Crippen LogP) is 3.46. The number of imidazole rings is 1. The van der Waals surface area contributed by atoms with E-state index in [0.717, 1.165) is 11.2 Å². The third-order valence-corrected chi connectivity index (χ3v) is 5.21. The Labute approximate surface area is 189 Å². The molecule has 9 nitrogen and oxygen atoms in total. The average Bonchev–Trinajstić information content (AvgIpc) is 3.09. The van der Waals surface area contributed by atoms with Gasteiger partial charge in [0.1, 0.15) is 22.7 Å². The van der Waals surface area contributed by atoms with Crippen LogP contribution in [-0.4, -0.2) is 45.9 Å². The molecule has 3 aromatic rings. The molecule has 0 aliphatic rings. The van der Waals surface area contributed by atoms with Gasteiger partial charge in [0.05, 0.1) is 23.5 Å². The second-order valence-corrected chi connectivity index (χ2v) is 7.58. The number of benzene rings is 1. The Hall–Kier alpha value is -3.59.